The van der Waals surface area contributed by atoms with Gasteiger partial charge >= 0.3 is 6.09 Å². The highest BCUT2D eigenvalue weighted by Gasteiger charge is 2.51. The van der Waals surface area contributed by atoms with Crippen molar-refractivity contribution in [2.75, 3.05) is 27.8 Å². The molecular weight excluding hydrogens is 428 g/mol. The fourth-order valence-electron chi connectivity index (χ4n) is 7.73. The smallest absolute Gasteiger partial charge is 0.412 e. The van der Waals surface area contributed by atoms with Gasteiger partial charge in [-0.05, 0) is 107 Å². The highest BCUT2D eigenvalue weighted by Crippen LogP contribution is 2.55. The molecule has 5 aliphatic carbocycles. The van der Waals surface area contributed by atoms with Gasteiger partial charge in [-0.3, -0.25) is 4.90 Å². The van der Waals surface area contributed by atoms with Crippen LogP contribution in [0.5, 0.6) is 11.5 Å². The van der Waals surface area contributed by atoms with Crippen molar-refractivity contribution < 1.29 is 19.0 Å². The molecule has 6 nitrogen and oxygen atoms in total. The maximum absolute atomic E-state index is 12.6. The molecular formula is C28H40N2O4. The summed E-state index contributed by atoms with van der Waals surface area (Å²) in [5.41, 5.74) is 0.0494. The van der Waals surface area contributed by atoms with Crippen molar-refractivity contribution in [3.05, 3.63) is 36.1 Å². The number of carbonyl (C=O) groups excluding carboxylic acids is 1. The number of rotatable bonds is 4. The Morgan fingerprint density at radius 1 is 0.971 bits per heavy atom. The van der Waals surface area contributed by atoms with Gasteiger partial charge in [0, 0.05) is 18.0 Å². The van der Waals surface area contributed by atoms with Gasteiger partial charge in [-0.15, -0.1) is 0 Å². The number of likely N-dealkylation sites (N-methyl/N-ethyl adjacent to an activating group) is 1. The van der Waals surface area contributed by atoms with E-state index in [1.165, 1.54) is 51.5 Å². The second-order valence-corrected chi connectivity index (χ2v) is 11.3. The summed E-state index contributed by atoms with van der Waals surface area (Å²) in [6.45, 7) is 1.17. The lowest BCUT2D eigenvalue weighted by Crippen LogP contribution is -2.59. The van der Waals surface area contributed by atoms with Gasteiger partial charge in [0.15, 0.2) is 11.5 Å². The first-order valence-electron chi connectivity index (χ1n) is 13.0. The number of methoxy groups -OCH3 is 2. The van der Waals surface area contributed by atoms with Gasteiger partial charge in [0.1, 0.15) is 5.76 Å². The molecule has 1 heterocycles. The van der Waals surface area contributed by atoms with E-state index in [4.69, 9.17) is 14.2 Å². The molecule has 2 unspecified atom stereocenters. The molecule has 34 heavy (non-hydrogen) atoms. The molecule has 4 saturated carbocycles. The molecule has 186 valence electrons. The maximum atomic E-state index is 12.6. The SMILES string of the molecule is CN1CCC2CCC(OC(=O)NC34CC5CC(CC(C5)C3)C4)=CC21.COc1ccccc1OC. The normalized spacial score (nSPS) is 35.5. The Balaban J connectivity index is 0.000000204. The minimum atomic E-state index is -0.192. The highest BCUT2D eigenvalue weighted by atomic mass is 16.6. The molecule has 4 bridgehead atoms. The molecule has 5 fully saturated rings. The minimum absolute atomic E-state index is 0.0494. The van der Waals surface area contributed by atoms with Gasteiger partial charge in [0.05, 0.1) is 14.2 Å². The van der Waals surface area contributed by atoms with Crippen molar-refractivity contribution in [2.45, 2.75) is 69.4 Å². The lowest BCUT2D eigenvalue weighted by molar-refractivity contribution is -0.0177. The Kier molecular flexibility index (Phi) is 6.79. The number of nitrogens with zero attached hydrogens (tertiary/aromatic N) is 1. The van der Waals surface area contributed by atoms with Crippen molar-refractivity contribution in [2.24, 2.45) is 23.7 Å². The molecule has 1 saturated heterocycles. The van der Waals surface area contributed by atoms with E-state index in [-0.39, 0.29) is 11.6 Å². The second kappa shape index (κ2) is 9.80. The Morgan fingerprint density at radius 3 is 2.12 bits per heavy atom. The van der Waals surface area contributed by atoms with Gasteiger partial charge < -0.3 is 19.5 Å². The van der Waals surface area contributed by atoms with E-state index >= 15 is 0 Å². The molecule has 2 atom stereocenters. The van der Waals surface area contributed by atoms with Crippen LogP contribution in [0.25, 0.3) is 0 Å². The summed E-state index contributed by atoms with van der Waals surface area (Å²) >= 11 is 0. The monoisotopic (exact) mass is 468 g/mol. The van der Waals surface area contributed by atoms with Crippen LogP contribution in [0.15, 0.2) is 36.1 Å². The van der Waals surface area contributed by atoms with Crippen molar-refractivity contribution in [3.8, 4) is 11.5 Å². The van der Waals surface area contributed by atoms with Crippen molar-refractivity contribution in [1.82, 2.24) is 10.2 Å². The van der Waals surface area contributed by atoms with Crippen LogP contribution in [0.3, 0.4) is 0 Å². The molecule has 1 N–H and O–H groups in total. The maximum Gasteiger partial charge on any atom is 0.412 e. The first kappa shape index (κ1) is 23.5. The summed E-state index contributed by atoms with van der Waals surface area (Å²) in [5.74, 6) is 5.73. The van der Waals surface area contributed by atoms with Crippen LogP contribution in [0.2, 0.25) is 0 Å². The fourth-order valence-corrected chi connectivity index (χ4v) is 7.73. The van der Waals surface area contributed by atoms with E-state index in [2.05, 4.69) is 23.3 Å². The average Bonchev–Trinajstić information content (AvgIpc) is 3.18. The Hall–Kier alpha value is -2.21. The zero-order valence-electron chi connectivity index (χ0n) is 20.9. The van der Waals surface area contributed by atoms with E-state index in [0.29, 0.717) is 6.04 Å². The standard InChI is InChI=1S/C20H30N2O2.C8H10O2/c1-22-5-4-16-2-3-17(9-18(16)22)24-19(23)21-20-10-13-6-14(11-20)8-15(7-13)12-20;1-9-7-5-3-4-6-8(7)10-2/h9,13-16,18H,2-8,10-12H2,1H3,(H,21,23);3-6H,1-2H3. The number of carbonyl (C=O) groups is 1. The number of fused-ring (bicyclic) bond motifs is 1. The van der Waals surface area contributed by atoms with Crippen LogP contribution in [0.1, 0.15) is 57.8 Å². The average molecular weight is 469 g/mol. The fraction of sp³-hybridized carbons (Fsp3) is 0.679. The first-order valence-corrected chi connectivity index (χ1v) is 13.0. The lowest BCUT2D eigenvalue weighted by atomic mass is 9.53. The van der Waals surface area contributed by atoms with E-state index in [1.54, 1.807) is 14.2 Å². The molecule has 1 amide bonds. The predicted molar refractivity (Wildman–Crippen MR) is 132 cm³/mol. The van der Waals surface area contributed by atoms with Crippen molar-refractivity contribution in [3.63, 3.8) is 0 Å². The van der Waals surface area contributed by atoms with Gasteiger partial charge in [0.2, 0.25) is 0 Å². The number of likely N-dealkylation sites (tertiary alicyclic amines) is 1. The summed E-state index contributed by atoms with van der Waals surface area (Å²) in [4.78, 5) is 15.0. The number of para-hydroxylation sites is 2. The highest BCUT2D eigenvalue weighted by molar-refractivity contribution is 5.69. The Morgan fingerprint density at radius 2 is 1.56 bits per heavy atom. The number of hydrogen-bond donors (Lipinski definition) is 1. The van der Waals surface area contributed by atoms with Crippen LogP contribution in [-0.2, 0) is 4.74 Å². The van der Waals surface area contributed by atoms with Gasteiger partial charge in [-0.25, -0.2) is 4.79 Å². The zero-order valence-corrected chi connectivity index (χ0v) is 20.9. The Bertz CT molecular complexity index is 855. The van der Waals surface area contributed by atoms with Crippen molar-refractivity contribution >= 4 is 6.09 Å². The van der Waals surface area contributed by atoms with Crippen molar-refractivity contribution in [1.29, 1.82) is 0 Å². The molecule has 6 aliphatic rings. The summed E-state index contributed by atoms with van der Waals surface area (Å²) in [5, 5.41) is 3.33. The molecule has 1 aromatic rings. The topological polar surface area (TPSA) is 60.0 Å². The van der Waals surface area contributed by atoms with Crippen LogP contribution in [0.4, 0.5) is 4.79 Å². The Labute approximate surface area is 204 Å². The number of alkyl carbamates (subject to hydrolysis) is 1. The number of amides is 1. The first-order chi connectivity index (χ1) is 16.5. The third-order valence-corrected chi connectivity index (χ3v) is 8.88. The lowest BCUT2D eigenvalue weighted by Gasteiger charge is -2.56. The van der Waals surface area contributed by atoms with Crippen LogP contribution < -0.4 is 14.8 Å². The third-order valence-electron chi connectivity index (χ3n) is 8.88. The molecule has 1 aromatic carbocycles. The van der Waals surface area contributed by atoms with E-state index in [0.717, 1.165) is 53.8 Å². The largest absolute Gasteiger partial charge is 0.493 e. The predicted octanol–water partition coefficient (Wildman–Crippen LogP) is 5.38. The van der Waals surface area contributed by atoms with Gasteiger partial charge in [-0.1, -0.05) is 12.1 Å². The number of benzene rings is 1. The number of nitrogens with one attached hydrogen (secondary N) is 1. The van der Waals surface area contributed by atoms with Gasteiger partial charge in [-0.2, -0.15) is 0 Å². The molecule has 1 aliphatic heterocycles. The van der Waals surface area contributed by atoms with Gasteiger partial charge in [0.25, 0.3) is 0 Å². The molecule has 7 rings (SSSR count). The van der Waals surface area contributed by atoms with E-state index in [9.17, 15) is 4.79 Å². The van der Waals surface area contributed by atoms with Crippen LogP contribution in [-0.4, -0.2) is 50.4 Å². The molecule has 0 radical (unpaired) electrons. The summed E-state index contributed by atoms with van der Waals surface area (Å²) < 4.78 is 15.8. The summed E-state index contributed by atoms with van der Waals surface area (Å²) in [6, 6.07) is 8.00. The minimum Gasteiger partial charge on any atom is -0.493 e. The van der Waals surface area contributed by atoms with E-state index < -0.39 is 0 Å². The second-order valence-electron chi connectivity index (χ2n) is 11.3. The molecule has 0 aromatic heterocycles. The summed E-state index contributed by atoms with van der Waals surface area (Å²) in [6.07, 6.45) is 13.1. The van der Waals surface area contributed by atoms with Crippen LogP contribution >= 0.6 is 0 Å². The quantitative estimate of drug-likeness (QED) is 0.643. The number of hydrogen-bond acceptors (Lipinski definition) is 5. The third kappa shape index (κ3) is 4.93. The molecule has 0 spiro atoms. The van der Waals surface area contributed by atoms with E-state index in [1.807, 2.05) is 24.3 Å². The number of ether oxygens (including phenoxy) is 3. The summed E-state index contributed by atoms with van der Waals surface area (Å²) in [7, 11) is 5.43. The number of allylic oxidation sites excluding steroid dienone is 1. The zero-order chi connectivity index (χ0) is 23.7. The van der Waals surface area contributed by atoms with Crippen LogP contribution in [0, 0.1) is 23.7 Å². The molecule has 6 heteroatoms.